The number of phenolic OH excluding ortho intramolecular Hbond substituents is 2. The van der Waals surface area contributed by atoms with Crippen molar-refractivity contribution < 1.29 is 15.3 Å². The second-order valence-corrected chi connectivity index (χ2v) is 6.83. The molecule has 126 valence electrons. The van der Waals surface area contributed by atoms with E-state index in [2.05, 4.69) is 13.5 Å². The number of hydrogen-bond acceptors (Lipinski definition) is 3. The van der Waals surface area contributed by atoms with Gasteiger partial charge in [-0.25, -0.2) is 0 Å². The molecule has 1 aromatic carbocycles. The van der Waals surface area contributed by atoms with Crippen LogP contribution in [0.15, 0.2) is 29.9 Å². The predicted octanol–water partition coefficient (Wildman–Crippen LogP) is 4.35. The molecule has 0 radical (unpaired) electrons. The standard InChI is InChI=1S/C20H28O3/c1-6-7-14-9-18(22)19(20(23)13(14)5)16-8-12(4)17(21)10-15(16)11(2)3/h8-9,15-17,21-23H,2,6-7,10H2,1,3-5H3/t15-,16?,17-/m0/s1. The number of rotatable bonds is 4. The molecule has 0 aromatic heterocycles. The zero-order valence-electron chi connectivity index (χ0n) is 14.6. The lowest BCUT2D eigenvalue weighted by molar-refractivity contribution is 0.168. The quantitative estimate of drug-likeness (QED) is 0.724. The maximum absolute atomic E-state index is 10.7. The highest BCUT2D eigenvalue weighted by Crippen LogP contribution is 2.47. The summed E-state index contributed by atoms with van der Waals surface area (Å²) < 4.78 is 0. The smallest absolute Gasteiger partial charge is 0.126 e. The first kappa shape index (κ1) is 17.6. The van der Waals surface area contributed by atoms with Crippen LogP contribution in [-0.2, 0) is 6.42 Å². The molecule has 0 spiro atoms. The van der Waals surface area contributed by atoms with E-state index in [1.54, 1.807) is 6.07 Å². The molecule has 23 heavy (non-hydrogen) atoms. The largest absolute Gasteiger partial charge is 0.507 e. The van der Waals surface area contributed by atoms with Crippen molar-refractivity contribution in [2.45, 2.75) is 59.0 Å². The Morgan fingerprint density at radius 2 is 1.96 bits per heavy atom. The molecule has 3 heteroatoms. The van der Waals surface area contributed by atoms with E-state index < -0.39 is 6.10 Å². The molecule has 0 saturated carbocycles. The summed E-state index contributed by atoms with van der Waals surface area (Å²) in [6, 6.07) is 1.78. The Morgan fingerprint density at radius 3 is 2.52 bits per heavy atom. The molecule has 0 fully saturated rings. The maximum Gasteiger partial charge on any atom is 0.126 e. The third-order valence-corrected chi connectivity index (χ3v) is 5.04. The summed E-state index contributed by atoms with van der Waals surface area (Å²) in [5.41, 5.74) is 4.20. The highest BCUT2D eigenvalue weighted by Gasteiger charge is 2.34. The summed E-state index contributed by atoms with van der Waals surface area (Å²) in [5.74, 6) is 0.144. The van der Waals surface area contributed by atoms with Gasteiger partial charge in [0.1, 0.15) is 11.5 Å². The van der Waals surface area contributed by atoms with Gasteiger partial charge in [0, 0.05) is 11.5 Å². The molecule has 0 aliphatic heterocycles. The lowest BCUT2D eigenvalue weighted by Crippen LogP contribution is -2.26. The predicted molar refractivity (Wildman–Crippen MR) is 93.9 cm³/mol. The number of aliphatic hydroxyl groups is 1. The maximum atomic E-state index is 10.7. The summed E-state index contributed by atoms with van der Waals surface area (Å²) in [7, 11) is 0. The highest BCUT2D eigenvalue weighted by molar-refractivity contribution is 5.56. The van der Waals surface area contributed by atoms with E-state index in [1.165, 1.54) is 0 Å². The first-order valence-corrected chi connectivity index (χ1v) is 8.33. The van der Waals surface area contributed by atoms with Crippen LogP contribution in [-0.4, -0.2) is 21.4 Å². The van der Waals surface area contributed by atoms with Crippen molar-refractivity contribution in [3.63, 3.8) is 0 Å². The van der Waals surface area contributed by atoms with Crippen LogP contribution >= 0.6 is 0 Å². The number of phenols is 2. The normalized spacial score (nSPS) is 24.4. The zero-order valence-corrected chi connectivity index (χ0v) is 14.6. The SMILES string of the molecule is C=C(C)[C@@H]1C[C@H](O)C(C)=CC1c1c(O)cc(CCC)c(C)c1O. The Morgan fingerprint density at radius 1 is 1.30 bits per heavy atom. The van der Waals surface area contributed by atoms with Crippen LogP contribution in [0.4, 0.5) is 0 Å². The molecule has 1 unspecified atom stereocenters. The first-order valence-electron chi connectivity index (χ1n) is 8.33. The summed E-state index contributed by atoms with van der Waals surface area (Å²) in [6.45, 7) is 11.8. The van der Waals surface area contributed by atoms with Crippen LogP contribution in [0, 0.1) is 12.8 Å². The van der Waals surface area contributed by atoms with E-state index in [4.69, 9.17) is 0 Å². The van der Waals surface area contributed by atoms with E-state index in [0.717, 1.165) is 35.1 Å². The van der Waals surface area contributed by atoms with Crippen LogP contribution in [0.2, 0.25) is 0 Å². The third kappa shape index (κ3) is 3.30. The zero-order chi connectivity index (χ0) is 17.3. The molecule has 0 bridgehead atoms. The average Bonchev–Trinajstić information content (AvgIpc) is 2.47. The Kier molecular flexibility index (Phi) is 5.20. The number of aliphatic hydroxyl groups excluding tert-OH is 1. The second-order valence-electron chi connectivity index (χ2n) is 6.83. The third-order valence-electron chi connectivity index (χ3n) is 5.04. The van der Waals surface area contributed by atoms with Crippen molar-refractivity contribution in [1.82, 2.24) is 0 Å². The molecule has 3 atom stereocenters. The molecule has 0 saturated heterocycles. The number of hydrogen-bond donors (Lipinski definition) is 3. The Bertz CT molecular complexity index is 643. The minimum Gasteiger partial charge on any atom is -0.507 e. The minimum absolute atomic E-state index is 0.00178. The molecule has 3 N–H and O–H groups in total. The number of aryl methyl sites for hydroxylation is 1. The van der Waals surface area contributed by atoms with Gasteiger partial charge in [-0.3, -0.25) is 0 Å². The van der Waals surface area contributed by atoms with E-state index in [9.17, 15) is 15.3 Å². The molecule has 0 heterocycles. The van der Waals surface area contributed by atoms with E-state index >= 15 is 0 Å². The van der Waals surface area contributed by atoms with Crippen molar-refractivity contribution in [1.29, 1.82) is 0 Å². The molecule has 2 rings (SSSR count). The Labute approximate surface area is 139 Å². The van der Waals surface area contributed by atoms with Crippen LogP contribution in [0.3, 0.4) is 0 Å². The van der Waals surface area contributed by atoms with Gasteiger partial charge in [0.05, 0.1) is 6.10 Å². The van der Waals surface area contributed by atoms with Gasteiger partial charge in [0.15, 0.2) is 0 Å². The van der Waals surface area contributed by atoms with Gasteiger partial charge < -0.3 is 15.3 Å². The fraction of sp³-hybridized carbons (Fsp3) is 0.500. The fourth-order valence-electron chi connectivity index (χ4n) is 3.56. The van der Waals surface area contributed by atoms with Gasteiger partial charge in [-0.05, 0) is 62.3 Å². The molecule has 1 aliphatic rings. The number of benzene rings is 1. The van der Waals surface area contributed by atoms with Crippen LogP contribution in [0.1, 0.15) is 56.2 Å². The van der Waals surface area contributed by atoms with Crippen LogP contribution in [0.25, 0.3) is 0 Å². The fourth-order valence-corrected chi connectivity index (χ4v) is 3.56. The van der Waals surface area contributed by atoms with Gasteiger partial charge in [-0.1, -0.05) is 31.6 Å². The molecular formula is C20H28O3. The van der Waals surface area contributed by atoms with Crippen molar-refractivity contribution in [3.8, 4) is 11.5 Å². The second kappa shape index (κ2) is 6.79. The van der Waals surface area contributed by atoms with E-state index in [0.29, 0.717) is 12.0 Å². The van der Waals surface area contributed by atoms with Gasteiger partial charge in [0.2, 0.25) is 0 Å². The summed E-state index contributed by atoms with van der Waals surface area (Å²) in [5, 5.41) is 31.4. The molecular weight excluding hydrogens is 288 g/mol. The lowest BCUT2D eigenvalue weighted by Gasteiger charge is -2.34. The Hall–Kier alpha value is -1.74. The van der Waals surface area contributed by atoms with E-state index in [-0.39, 0.29) is 23.3 Å². The summed E-state index contributed by atoms with van der Waals surface area (Å²) >= 11 is 0. The molecule has 0 amide bonds. The highest BCUT2D eigenvalue weighted by atomic mass is 16.3. The molecule has 1 aromatic rings. The molecule has 3 nitrogen and oxygen atoms in total. The minimum atomic E-state index is -0.488. The van der Waals surface area contributed by atoms with Crippen molar-refractivity contribution in [2.75, 3.05) is 0 Å². The number of allylic oxidation sites excluding steroid dienone is 2. The van der Waals surface area contributed by atoms with Gasteiger partial charge in [-0.15, -0.1) is 0 Å². The van der Waals surface area contributed by atoms with Gasteiger partial charge in [0.25, 0.3) is 0 Å². The summed E-state index contributed by atoms with van der Waals surface area (Å²) in [6.07, 6.45) is 3.83. The summed E-state index contributed by atoms with van der Waals surface area (Å²) in [4.78, 5) is 0. The van der Waals surface area contributed by atoms with Crippen LogP contribution in [0.5, 0.6) is 11.5 Å². The van der Waals surface area contributed by atoms with Gasteiger partial charge in [-0.2, -0.15) is 0 Å². The monoisotopic (exact) mass is 316 g/mol. The first-order chi connectivity index (χ1) is 10.8. The lowest BCUT2D eigenvalue weighted by atomic mass is 9.72. The average molecular weight is 316 g/mol. The topological polar surface area (TPSA) is 60.7 Å². The van der Waals surface area contributed by atoms with Gasteiger partial charge >= 0.3 is 0 Å². The van der Waals surface area contributed by atoms with Crippen molar-refractivity contribution in [3.05, 3.63) is 46.6 Å². The molecule has 1 aliphatic carbocycles. The van der Waals surface area contributed by atoms with Crippen molar-refractivity contribution >= 4 is 0 Å². The van der Waals surface area contributed by atoms with Crippen molar-refractivity contribution in [2.24, 2.45) is 5.92 Å². The van der Waals surface area contributed by atoms with E-state index in [1.807, 2.05) is 26.8 Å². The van der Waals surface area contributed by atoms with Crippen LogP contribution < -0.4 is 0 Å². The number of aromatic hydroxyl groups is 2. The Balaban J connectivity index is 2.59.